The third kappa shape index (κ3) is 7.70. The van der Waals surface area contributed by atoms with E-state index in [-0.39, 0.29) is 17.9 Å². The molecule has 0 saturated carbocycles. The molecule has 0 fully saturated rings. The van der Waals surface area contributed by atoms with Crippen molar-refractivity contribution >= 4 is 12.0 Å². The molecule has 5 heteroatoms. The van der Waals surface area contributed by atoms with E-state index in [1.807, 2.05) is 6.92 Å². The zero-order valence-corrected chi connectivity index (χ0v) is 12.0. The van der Waals surface area contributed by atoms with Crippen LogP contribution < -0.4 is 10.6 Å². The van der Waals surface area contributed by atoms with Gasteiger partial charge in [-0.05, 0) is 27.7 Å². The molecule has 0 aromatic heterocycles. The van der Waals surface area contributed by atoms with E-state index < -0.39 is 11.7 Å². The molecule has 0 rings (SSSR count). The van der Waals surface area contributed by atoms with Gasteiger partial charge in [-0.1, -0.05) is 19.1 Å². The normalized spacial score (nSPS) is 15.0. The monoisotopic (exact) mass is 256 g/mol. The van der Waals surface area contributed by atoms with Crippen molar-refractivity contribution in [2.24, 2.45) is 5.92 Å². The van der Waals surface area contributed by atoms with Gasteiger partial charge in [-0.3, -0.25) is 4.79 Å². The highest BCUT2D eigenvalue weighted by Gasteiger charge is 2.17. The Labute approximate surface area is 109 Å². The number of ether oxygens (including phenoxy) is 1. The summed E-state index contributed by atoms with van der Waals surface area (Å²) in [6.45, 7) is 9.02. The summed E-state index contributed by atoms with van der Waals surface area (Å²) >= 11 is 0. The molecule has 0 aliphatic rings. The summed E-state index contributed by atoms with van der Waals surface area (Å²) in [5.74, 6) is -0.284. The third-order valence-electron chi connectivity index (χ3n) is 2.09. The molecule has 18 heavy (non-hydrogen) atoms. The van der Waals surface area contributed by atoms with E-state index in [1.54, 1.807) is 46.9 Å². The lowest BCUT2D eigenvalue weighted by Crippen LogP contribution is -2.37. The van der Waals surface area contributed by atoms with E-state index in [2.05, 4.69) is 10.6 Å². The standard InChI is InChI=1S/C13H24N2O3/c1-9(11(16)14-6)7-8-10(2)15-12(17)18-13(3,4)5/h7-10H,1-6H3,(H,14,16)(H,15,17)/t9-,10-/m0/s1. The molecule has 0 spiro atoms. The van der Waals surface area contributed by atoms with Crippen LogP contribution in [-0.2, 0) is 9.53 Å². The molecule has 104 valence electrons. The number of carbonyl (C=O) groups is 2. The average molecular weight is 256 g/mol. The first kappa shape index (κ1) is 16.5. The Morgan fingerprint density at radius 3 is 2.17 bits per heavy atom. The number of rotatable bonds is 4. The SMILES string of the molecule is CNC(=O)[C@@H](C)C=C[C@H](C)NC(=O)OC(C)(C)C. The van der Waals surface area contributed by atoms with E-state index in [1.165, 1.54) is 0 Å². The average Bonchev–Trinajstić information content (AvgIpc) is 2.21. The van der Waals surface area contributed by atoms with Crippen molar-refractivity contribution in [3.05, 3.63) is 12.2 Å². The molecular weight excluding hydrogens is 232 g/mol. The summed E-state index contributed by atoms with van der Waals surface area (Å²) in [6, 6.07) is -0.188. The van der Waals surface area contributed by atoms with Crippen molar-refractivity contribution in [2.75, 3.05) is 7.05 Å². The zero-order valence-electron chi connectivity index (χ0n) is 12.0. The summed E-state index contributed by atoms with van der Waals surface area (Å²) in [7, 11) is 1.59. The van der Waals surface area contributed by atoms with Crippen molar-refractivity contribution < 1.29 is 14.3 Å². The fourth-order valence-electron chi connectivity index (χ4n) is 1.19. The molecule has 0 aliphatic heterocycles. The van der Waals surface area contributed by atoms with Gasteiger partial charge in [0.1, 0.15) is 5.60 Å². The van der Waals surface area contributed by atoms with Gasteiger partial charge in [0.05, 0.1) is 5.92 Å². The smallest absolute Gasteiger partial charge is 0.408 e. The molecule has 0 radical (unpaired) electrons. The van der Waals surface area contributed by atoms with Crippen LogP contribution in [0.3, 0.4) is 0 Å². The predicted molar refractivity (Wildman–Crippen MR) is 71.2 cm³/mol. The first-order chi connectivity index (χ1) is 8.15. The van der Waals surface area contributed by atoms with E-state index in [9.17, 15) is 9.59 Å². The minimum absolute atomic E-state index is 0.0595. The number of hydrogen-bond donors (Lipinski definition) is 2. The topological polar surface area (TPSA) is 67.4 Å². The van der Waals surface area contributed by atoms with Crippen LogP contribution in [0, 0.1) is 5.92 Å². The van der Waals surface area contributed by atoms with Gasteiger partial charge in [-0.15, -0.1) is 0 Å². The van der Waals surface area contributed by atoms with Crippen LogP contribution in [0.1, 0.15) is 34.6 Å². The van der Waals surface area contributed by atoms with Gasteiger partial charge in [0.2, 0.25) is 5.91 Å². The minimum Gasteiger partial charge on any atom is -0.444 e. The quantitative estimate of drug-likeness (QED) is 0.754. The van der Waals surface area contributed by atoms with Gasteiger partial charge < -0.3 is 15.4 Å². The maximum Gasteiger partial charge on any atom is 0.408 e. The number of hydrogen-bond acceptors (Lipinski definition) is 3. The minimum atomic E-state index is -0.511. The van der Waals surface area contributed by atoms with Crippen molar-refractivity contribution in [3.8, 4) is 0 Å². The highest BCUT2D eigenvalue weighted by atomic mass is 16.6. The Morgan fingerprint density at radius 2 is 1.72 bits per heavy atom. The third-order valence-corrected chi connectivity index (χ3v) is 2.09. The van der Waals surface area contributed by atoms with Crippen LogP contribution >= 0.6 is 0 Å². The van der Waals surface area contributed by atoms with E-state index in [0.29, 0.717) is 0 Å². The van der Waals surface area contributed by atoms with Gasteiger partial charge in [0, 0.05) is 13.1 Å². The van der Waals surface area contributed by atoms with Gasteiger partial charge in [0.15, 0.2) is 0 Å². The second-order valence-corrected chi connectivity index (χ2v) is 5.22. The Kier molecular flexibility index (Phi) is 6.44. The fraction of sp³-hybridized carbons (Fsp3) is 0.692. The van der Waals surface area contributed by atoms with Gasteiger partial charge >= 0.3 is 6.09 Å². The van der Waals surface area contributed by atoms with Crippen LogP contribution in [0.2, 0.25) is 0 Å². The molecule has 0 bridgehead atoms. The van der Waals surface area contributed by atoms with Crippen molar-refractivity contribution in [1.29, 1.82) is 0 Å². The molecule has 5 nitrogen and oxygen atoms in total. The van der Waals surface area contributed by atoms with Gasteiger partial charge in [-0.2, -0.15) is 0 Å². The second-order valence-electron chi connectivity index (χ2n) is 5.22. The van der Waals surface area contributed by atoms with Crippen molar-refractivity contribution in [2.45, 2.75) is 46.3 Å². The second kappa shape index (κ2) is 7.03. The molecule has 2 N–H and O–H groups in total. The molecular formula is C13H24N2O3. The zero-order chi connectivity index (χ0) is 14.3. The highest BCUT2D eigenvalue weighted by molar-refractivity contribution is 5.79. The molecule has 0 aromatic carbocycles. The predicted octanol–water partition coefficient (Wildman–Crippen LogP) is 1.84. The molecule has 2 atom stereocenters. The Bertz CT molecular complexity index is 319. The van der Waals surface area contributed by atoms with Gasteiger partial charge in [-0.25, -0.2) is 4.79 Å². The first-order valence-electron chi connectivity index (χ1n) is 6.05. The van der Waals surface area contributed by atoms with Crippen molar-refractivity contribution in [1.82, 2.24) is 10.6 Å². The number of carbonyl (C=O) groups excluding carboxylic acids is 2. The highest BCUT2D eigenvalue weighted by Crippen LogP contribution is 2.07. The van der Waals surface area contributed by atoms with Crippen molar-refractivity contribution in [3.63, 3.8) is 0 Å². The lowest BCUT2D eigenvalue weighted by atomic mass is 10.1. The Morgan fingerprint density at radius 1 is 1.17 bits per heavy atom. The summed E-state index contributed by atoms with van der Waals surface area (Å²) in [5.41, 5.74) is -0.511. The molecule has 0 unspecified atom stereocenters. The molecule has 0 aliphatic carbocycles. The van der Waals surface area contributed by atoms with Crippen LogP contribution in [-0.4, -0.2) is 30.7 Å². The van der Waals surface area contributed by atoms with E-state index in [4.69, 9.17) is 4.74 Å². The lowest BCUT2D eigenvalue weighted by molar-refractivity contribution is -0.122. The Hall–Kier alpha value is -1.52. The largest absolute Gasteiger partial charge is 0.444 e. The number of amides is 2. The number of alkyl carbamates (subject to hydrolysis) is 1. The van der Waals surface area contributed by atoms with Crippen LogP contribution in [0.15, 0.2) is 12.2 Å². The van der Waals surface area contributed by atoms with E-state index >= 15 is 0 Å². The maximum atomic E-state index is 11.5. The first-order valence-corrected chi connectivity index (χ1v) is 6.05. The van der Waals surface area contributed by atoms with E-state index in [0.717, 1.165) is 0 Å². The molecule has 0 saturated heterocycles. The summed E-state index contributed by atoms with van der Waals surface area (Å²) in [6.07, 6.45) is 3.05. The van der Waals surface area contributed by atoms with Crippen LogP contribution in [0.4, 0.5) is 4.79 Å². The molecule has 0 aromatic rings. The summed E-state index contributed by atoms with van der Waals surface area (Å²) in [5, 5.41) is 5.23. The van der Waals surface area contributed by atoms with Crippen LogP contribution in [0.25, 0.3) is 0 Å². The summed E-state index contributed by atoms with van der Waals surface area (Å²) in [4.78, 5) is 22.7. The lowest BCUT2D eigenvalue weighted by Gasteiger charge is -2.21. The number of nitrogens with one attached hydrogen (secondary N) is 2. The molecule has 2 amide bonds. The maximum absolute atomic E-state index is 11.5. The molecule has 0 heterocycles. The fourth-order valence-corrected chi connectivity index (χ4v) is 1.19. The summed E-state index contributed by atoms with van der Waals surface area (Å²) < 4.78 is 5.12. The van der Waals surface area contributed by atoms with Crippen LogP contribution in [0.5, 0.6) is 0 Å². The van der Waals surface area contributed by atoms with Gasteiger partial charge in [0.25, 0.3) is 0 Å². The Balaban J connectivity index is 4.19.